The normalized spacial score (nSPS) is 18.1. The molecule has 3 heterocycles. The number of fused-ring (bicyclic) bond motifs is 1. The number of halogens is 1. The van der Waals surface area contributed by atoms with Gasteiger partial charge in [-0.3, -0.25) is 4.79 Å². The predicted octanol–water partition coefficient (Wildman–Crippen LogP) is 2.26. The van der Waals surface area contributed by atoms with Crippen molar-refractivity contribution in [3.63, 3.8) is 0 Å². The number of anilines is 1. The predicted molar refractivity (Wildman–Crippen MR) is 93.8 cm³/mol. The summed E-state index contributed by atoms with van der Waals surface area (Å²) in [7, 11) is 0. The molecule has 0 unspecified atom stereocenters. The van der Waals surface area contributed by atoms with Crippen molar-refractivity contribution in [2.24, 2.45) is 0 Å². The molecule has 8 nitrogen and oxygen atoms in total. The third-order valence-corrected chi connectivity index (χ3v) is 5.15. The molecular formula is C18H20FN5O3. The molecule has 0 radical (unpaired) electrons. The first-order valence-electron chi connectivity index (χ1n) is 8.87. The van der Waals surface area contributed by atoms with Crippen LogP contribution in [0, 0.1) is 12.7 Å². The van der Waals surface area contributed by atoms with Crippen LogP contribution < -0.4 is 10.6 Å². The van der Waals surface area contributed by atoms with E-state index in [1.807, 2.05) is 0 Å². The average molecular weight is 373 g/mol. The second-order valence-corrected chi connectivity index (χ2v) is 7.08. The number of aryl methyl sites for hydroxylation is 1. The zero-order valence-electron chi connectivity index (χ0n) is 14.9. The topological polar surface area (TPSA) is 100 Å². The van der Waals surface area contributed by atoms with Gasteiger partial charge in [0.15, 0.2) is 11.6 Å². The van der Waals surface area contributed by atoms with E-state index in [0.717, 1.165) is 0 Å². The van der Waals surface area contributed by atoms with E-state index in [9.17, 15) is 14.0 Å². The molecule has 2 aliphatic heterocycles. The number of carbonyl (C=O) groups is 2. The molecule has 27 heavy (non-hydrogen) atoms. The molecule has 0 aliphatic carbocycles. The molecule has 4 rings (SSSR count). The van der Waals surface area contributed by atoms with Crippen LogP contribution >= 0.6 is 0 Å². The van der Waals surface area contributed by atoms with Crippen molar-refractivity contribution in [2.75, 3.05) is 18.4 Å². The molecule has 0 atom stereocenters. The molecule has 1 aromatic carbocycles. The highest BCUT2D eigenvalue weighted by molar-refractivity contribution is 6.04. The minimum Gasteiger partial charge on any atom is -0.378 e. The number of amides is 2. The largest absolute Gasteiger partial charge is 0.378 e. The monoisotopic (exact) mass is 373 g/mol. The molecule has 2 aromatic rings. The molecule has 1 fully saturated rings. The van der Waals surface area contributed by atoms with Crippen molar-refractivity contribution in [3.8, 4) is 0 Å². The van der Waals surface area contributed by atoms with Crippen molar-refractivity contribution in [2.45, 2.75) is 38.3 Å². The summed E-state index contributed by atoms with van der Waals surface area (Å²) in [6.45, 7) is 2.93. The molecule has 1 aromatic heterocycles. The Hall–Kier alpha value is -2.97. The number of likely N-dealkylation sites (tertiary alicyclic amines) is 1. The van der Waals surface area contributed by atoms with Gasteiger partial charge in [-0.05, 0) is 38.0 Å². The van der Waals surface area contributed by atoms with Gasteiger partial charge in [-0.15, -0.1) is 0 Å². The molecule has 142 valence electrons. The van der Waals surface area contributed by atoms with Crippen LogP contribution in [0.25, 0.3) is 0 Å². The Kier molecular flexibility index (Phi) is 4.29. The minimum absolute atomic E-state index is 0.0621. The van der Waals surface area contributed by atoms with Gasteiger partial charge in [0.2, 0.25) is 5.89 Å². The maximum atomic E-state index is 13.4. The number of hydrogen-bond donors (Lipinski definition) is 2. The third kappa shape index (κ3) is 3.49. The highest BCUT2D eigenvalue weighted by Gasteiger charge is 2.41. The number of Topliss-reactive ketones (excluding diaryl/α,β-unsaturated/α-hetero) is 1. The van der Waals surface area contributed by atoms with E-state index in [1.54, 1.807) is 17.9 Å². The maximum Gasteiger partial charge on any atom is 0.317 e. The molecule has 0 saturated carbocycles. The first kappa shape index (κ1) is 17.4. The van der Waals surface area contributed by atoms with Crippen LogP contribution in [0.5, 0.6) is 0 Å². The zero-order chi connectivity index (χ0) is 19.0. The van der Waals surface area contributed by atoms with Gasteiger partial charge < -0.3 is 20.1 Å². The van der Waals surface area contributed by atoms with Crippen LogP contribution in [-0.4, -0.2) is 45.5 Å². The van der Waals surface area contributed by atoms with Crippen LogP contribution in [-0.2, 0) is 6.54 Å². The number of benzene rings is 1. The Morgan fingerprint density at radius 2 is 2.19 bits per heavy atom. The van der Waals surface area contributed by atoms with Crippen LogP contribution in [0.15, 0.2) is 22.7 Å². The Labute approximate surface area is 155 Å². The highest BCUT2D eigenvalue weighted by atomic mass is 19.1. The summed E-state index contributed by atoms with van der Waals surface area (Å²) >= 11 is 0. The summed E-state index contributed by atoms with van der Waals surface area (Å²) in [5.74, 6) is 0.403. The number of carbonyl (C=O) groups excluding carboxylic acids is 2. The van der Waals surface area contributed by atoms with E-state index in [4.69, 9.17) is 4.52 Å². The van der Waals surface area contributed by atoms with Crippen LogP contribution in [0.2, 0.25) is 0 Å². The minimum atomic E-state index is -0.414. The number of nitrogens with one attached hydrogen (secondary N) is 2. The Bertz CT molecular complexity index is 889. The molecule has 1 saturated heterocycles. The van der Waals surface area contributed by atoms with Gasteiger partial charge in [-0.25, -0.2) is 9.18 Å². The Morgan fingerprint density at radius 3 is 2.89 bits per heavy atom. The number of nitrogens with zero attached hydrogens (tertiary/aromatic N) is 3. The maximum absolute atomic E-state index is 13.4. The Morgan fingerprint density at radius 1 is 1.41 bits per heavy atom. The smallest absolute Gasteiger partial charge is 0.317 e. The van der Waals surface area contributed by atoms with Crippen molar-refractivity contribution in [1.29, 1.82) is 0 Å². The van der Waals surface area contributed by atoms with Crippen LogP contribution in [0.3, 0.4) is 0 Å². The lowest BCUT2D eigenvalue weighted by atomic mass is 9.78. The van der Waals surface area contributed by atoms with Gasteiger partial charge >= 0.3 is 6.03 Å². The molecule has 9 heteroatoms. The molecule has 2 aliphatic rings. The first-order chi connectivity index (χ1) is 12.9. The van der Waals surface area contributed by atoms with Gasteiger partial charge in [-0.1, -0.05) is 5.16 Å². The molecule has 1 spiro atoms. The van der Waals surface area contributed by atoms with Gasteiger partial charge in [0, 0.05) is 36.3 Å². The van der Waals surface area contributed by atoms with E-state index in [1.165, 1.54) is 12.1 Å². The molecule has 2 N–H and O–H groups in total. The van der Waals surface area contributed by atoms with Gasteiger partial charge in [0.1, 0.15) is 5.82 Å². The summed E-state index contributed by atoms with van der Waals surface area (Å²) in [4.78, 5) is 30.6. The van der Waals surface area contributed by atoms with Crippen LogP contribution in [0.4, 0.5) is 14.9 Å². The summed E-state index contributed by atoms with van der Waals surface area (Å²) in [5.41, 5.74) is 0.676. The molecule has 2 amide bonds. The van der Waals surface area contributed by atoms with Gasteiger partial charge in [0.25, 0.3) is 0 Å². The standard InChI is InChI=1S/C18H20FN5O3/c1-11-21-16(27-23-11)10-20-17(26)24-6-4-18(5-7-24)9-15(25)13-8-12(19)2-3-14(13)22-18/h2-3,8,22H,4-7,9-10H2,1H3,(H,20,26). The summed E-state index contributed by atoms with van der Waals surface area (Å²) in [5, 5.41) is 9.86. The second-order valence-electron chi connectivity index (χ2n) is 7.08. The lowest BCUT2D eigenvalue weighted by Crippen LogP contribution is -2.55. The lowest BCUT2D eigenvalue weighted by molar-refractivity contribution is 0.0915. The number of urea groups is 1. The van der Waals surface area contributed by atoms with Gasteiger partial charge in [0.05, 0.1) is 6.54 Å². The second kappa shape index (κ2) is 6.64. The van der Waals surface area contributed by atoms with Crippen molar-refractivity contribution in [3.05, 3.63) is 41.3 Å². The van der Waals surface area contributed by atoms with Crippen molar-refractivity contribution >= 4 is 17.5 Å². The summed E-state index contributed by atoms with van der Waals surface area (Å²) in [6, 6.07) is 4.03. The average Bonchev–Trinajstić information content (AvgIpc) is 3.06. The zero-order valence-corrected chi connectivity index (χ0v) is 14.9. The van der Waals surface area contributed by atoms with E-state index < -0.39 is 5.82 Å². The summed E-state index contributed by atoms with van der Waals surface area (Å²) in [6.07, 6.45) is 1.59. The lowest BCUT2D eigenvalue weighted by Gasteiger charge is -2.45. The fourth-order valence-corrected chi connectivity index (χ4v) is 3.70. The number of piperidine rings is 1. The fraction of sp³-hybridized carbons (Fsp3) is 0.444. The number of aromatic nitrogens is 2. The fourth-order valence-electron chi connectivity index (χ4n) is 3.70. The van der Waals surface area contributed by atoms with Crippen molar-refractivity contribution in [1.82, 2.24) is 20.4 Å². The van der Waals surface area contributed by atoms with E-state index >= 15 is 0 Å². The number of ketones is 1. The summed E-state index contributed by atoms with van der Waals surface area (Å²) < 4.78 is 18.4. The van der Waals surface area contributed by atoms with E-state index in [2.05, 4.69) is 20.8 Å². The third-order valence-electron chi connectivity index (χ3n) is 5.15. The number of hydrogen-bond acceptors (Lipinski definition) is 6. The molecular weight excluding hydrogens is 353 g/mol. The van der Waals surface area contributed by atoms with Crippen LogP contribution in [0.1, 0.15) is 41.3 Å². The Balaban J connectivity index is 1.36. The van der Waals surface area contributed by atoms with E-state index in [-0.39, 0.29) is 23.9 Å². The van der Waals surface area contributed by atoms with Gasteiger partial charge in [-0.2, -0.15) is 4.98 Å². The number of rotatable bonds is 2. The highest BCUT2D eigenvalue weighted by Crippen LogP contribution is 2.37. The van der Waals surface area contributed by atoms with E-state index in [0.29, 0.717) is 55.3 Å². The molecule has 0 bridgehead atoms. The first-order valence-corrected chi connectivity index (χ1v) is 8.87. The SMILES string of the molecule is Cc1noc(CNC(=O)N2CCC3(CC2)CC(=O)c2cc(F)ccc2N3)n1. The van der Waals surface area contributed by atoms with Crippen molar-refractivity contribution < 1.29 is 18.5 Å². The quantitative estimate of drug-likeness (QED) is 0.838.